The molecule has 1 aliphatic rings. The molecule has 0 aliphatic carbocycles. The molecule has 27 heavy (non-hydrogen) atoms. The smallest absolute Gasteiger partial charge is 0.315 e. The molecular weight excluding hydrogens is 347 g/mol. The van der Waals surface area contributed by atoms with Crippen LogP contribution in [0, 0.1) is 5.82 Å². The molecule has 0 aromatic heterocycles. The van der Waals surface area contributed by atoms with Gasteiger partial charge in [0.1, 0.15) is 5.82 Å². The summed E-state index contributed by atoms with van der Waals surface area (Å²) in [6.45, 7) is 8.44. The van der Waals surface area contributed by atoms with E-state index in [4.69, 9.17) is 0 Å². The van der Waals surface area contributed by atoms with Crippen LogP contribution in [0.2, 0.25) is 0 Å². The van der Waals surface area contributed by atoms with E-state index < -0.39 is 0 Å². The van der Waals surface area contributed by atoms with Gasteiger partial charge < -0.3 is 20.4 Å². The van der Waals surface area contributed by atoms with Crippen molar-refractivity contribution in [3.63, 3.8) is 0 Å². The van der Waals surface area contributed by atoms with Crippen molar-refractivity contribution in [2.45, 2.75) is 45.6 Å². The van der Waals surface area contributed by atoms with Gasteiger partial charge in [-0.3, -0.25) is 4.79 Å². The standard InChI is InChI=1S/C20H31FN4O2/c1-3-10-24(11-4-2)12-6-9-22-20(27)23-17-14-19(26)25(15-17)18-8-5-7-16(21)13-18/h5,7-8,13,17H,3-4,6,9-12,14-15H2,1-2H3,(H2,22,23,27)/t17-/m0/s1. The highest BCUT2D eigenvalue weighted by atomic mass is 19.1. The van der Waals surface area contributed by atoms with Crippen LogP contribution in [0.4, 0.5) is 14.9 Å². The Kier molecular flexibility index (Phi) is 8.51. The normalized spacial score (nSPS) is 16.8. The molecule has 2 rings (SSSR count). The molecule has 3 amide bonds. The molecule has 1 aromatic rings. The number of amides is 3. The predicted octanol–water partition coefficient (Wildman–Crippen LogP) is 2.74. The number of carbonyl (C=O) groups excluding carboxylic acids is 2. The number of halogens is 1. The molecule has 0 bridgehead atoms. The summed E-state index contributed by atoms with van der Waals surface area (Å²) in [6, 6.07) is 5.42. The van der Waals surface area contributed by atoms with Crippen molar-refractivity contribution in [2.24, 2.45) is 0 Å². The maximum absolute atomic E-state index is 13.4. The third-order valence-electron chi connectivity index (χ3n) is 4.60. The van der Waals surface area contributed by atoms with Crippen LogP contribution in [0.1, 0.15) is 39.5 Å². The molecule has 1 atom stereocenters. The van der Waals surface area contributed by atoms with Crippen LogP contribution in [-0.4, -0.2) is 55.6 Å². The molecule has 7 heteroatoms. The first-order valence-corrected chi connectivity index (χ1v) is 9.86. The maximum atomic E-state index is 13.4. The first kappa shape index (κ1) is 21.2. The van der Waals surface area contributed by atoms with E-state index in [9.17, 15) is 14.0 Å². The Labute approximate surface area is 161 Å². The highest BCUT2D eigenvalue weighted by Gasteiger charge is 2.31. The van der Waals surface area contributed by atoms with E-state index in [-0.39, 0.29) is 30.2 Å². The summed E-state index contributed by atoms with van der Waals surface area (Å²) < 4.78 is 13.4. The SMILES string of the molecule is CCCN(CCC)CCCNC(=O)N[C@H]1CC(=O)N(c2cccc(F)c2)C1. The van der Waals surface area contributed by atoms with Gasteiger partial charge in [-0.05, 0) is 57.1 Å². The molecule has 2 N–H and O–H groups in total. The number of rotatable bonds is 10. The van der Waals surface area contributed by atoms with Crippen molar-refractivity contribution in [3.8, 4) is 0 Å². The molecule has 0 unspecified atom stereocenters. The van der Waals surface area contributed by atoms with E-state index in [2.05, 4.69) is 29.4 Å². The second kappa shape index (κ2) is 10.9. The number of hydrogen-bond acceptors (Lipinski definition) is 3. The number of nitrogens with zero attached hydrogens (tertiary/aromatic N) is 2. The highest BCUT2D eigenvalue weighted by molar-refractivity contribution is 5.96. The summed E-state index contributed by atoms with van der Waals surface area (Å²) in [6.07, 6.45) is 3.38. The molecule has 150 valence electrons. The summed E-state index contributed by atoms with van der Waals surface area (Å²) in [7, 11) is 0. The lowest BCUT2D eigenvalue weighted by molar-refractivity contribution is -0.117. The van der Waals surface area contributed by atoms with Crippen molar-refractivity contribution in [1.82, 2.24) is 15.5 Å². The fraction of sp³-hybridized carbons (Fsp3) is 0.600. The Bertz CT molecular complexity index is 620. The largest absolute Gasteiger partial charge is 0.338 e. The Morgan fingerprint density at radius 3 is 2.67 bits per heavy atom. The van der Waals surface area contributed by atoms with E-state index in [1.54, 1.807) is 12.1 Å². The molecule has 0 spiro atoms. The number of benzene rings is 1. The molecule has 0 saturated carbocycles. The van der Waals surface area contributed by atoms with Crippen LogP contribution in [0.15, 0.2) is 24.3 Å². The molecule has 6 nitrogen and oxygen atoms in total. The molecule has 1 saturated heterocycles. The van der Waals surface area contributed by atoms with Crippen LogP contribution in [-0.2, 0) is 4.79 Å². The molecule has 1 aromatic carbocycles. The van der Waals surface area contributed by atoms with Gasteiger partial charge in [-0.15, -0.1) is 0 Å². The van der Waals surface area contributed by atoms with Crippen molar-refractivity contribution in [3.05, 3.63) is 30.1 Å². The number of hydrogen-bond donors (Lipinski definition) is 2. The quantitative estimate of drug-likeness (QED) is 0.616. The summed E-state index contributed by atoms with van der Waals surface area (Å²) >= 11 is 0. The van der Waals surface area contributed by atoms with Gasteiger partial charge in [-0.1, -0.05) is 19.9 Å². The Balaban J connectivity index is 1.71. The number of nitrogens with one attached hydrogen (secondary N) is 2. The third-order valence-corrected chi connectivity index (χ3v) is 4.60. The van der Waals surface area contributed by atoms with Gasteiger partial charge >= 0.3 is 6.03 Å². The number of urea groups is 1. The van der Waals surface area contributed by atoms with Crippen molar-refractivity contribution in [1.29, 1.82) is 0 Å². The van der Waals surface area contributed by atoms with Gasteiger partial charge in [0.15, 0.2) is 0 Å². The molecule has 1 heterocycles. The number of carbonyl (C=O) groups is 2. The zero-order chi connectivity index (χ0) is 19.6. The van der Waals surface area contributed by atoms with Gasteiger partial charge in [-0.25, -0.2) is 9.18 Å². The van der Waals surface area contributed by atoms with E-state index in [1.165, 1.54) is 17.0 Å². The summed E-state index contributed by atoms with van der Waals surface area (Å²) in [5.41, 5.74) is 0.525. The maximum Gasteiger partial charge on any atom is 0.315 e. The first-order valence-electron chi connectivity index (χ1n) is 9.86. The topological polar surface area (TPSA) is 64.7 Å². The predicted molar refractivity (Wildman–Crippen MR) is 105 cm³/mol. The van der Waals surface area contributed by atoms with Gasteiger partial charge in [0.05, 0.1) is 6.04 Å². The summed E-state index contributed by atoms with van der Waals surface area (Å²) in [4.78, 5) is 28.2. The van der Waals surface area contributed by atoms with E-state index in [0.29, 0.717) is 18.8 Å². The van der Waals surface area contributed by atoms with E-state index >= 15 is 0 Å². The average Bonchev–Trinajstić information content (AvgIpc) is 2.99. The zero-order valence-electron chi connectivity index (χ0n) is 16.3. The first-order chi connectivity index (χ1) is 13.0. The molecular formula is C20H31FN4O2. The van der Waals surface area contributed by atoms with Gasteiger partial charge in [-0.2, -0.15) is 0 Å². The van der Waals surface area contributed by atoms with Gasteiger partial charge in [0.2, 0.25) is 5.91 Å². The van der Waals surface area contributed by atoms with Crippen molar-refractivity contribution < 1.29 is 14.0 Å². The van der Waals surface area contributed by atoms with E-state index in [0.717, 1.165) is 38.9 Å². The molecule has 1 aliphatic heterocycles. The molecule has 0 radical (unpaired) electrons. The van der Waals surface area contributed by atoms with Crippen LogP contribution in [0.5, 0.6) is 0 Å². The Morgan fingerprint density at radius 1 is 1.26 bits per heavy atom. The van der Waals surface area contributed by atoms with Gasteiger partial charge in [0.25, 0.3) is 0 Å². The van der Waals surface area contributed by atoms with Crippen LogP contribution in [0.25, 0.3) is 0 Å². The van der Waals surface area contributed by atoms with E-state index in [1.807, 2.05) is 0 Å². The zero-order valence-corrected chi connectivity index (χ0v) is 16.3. The fourth-order valence-corrected chi connectivity index (χ4v) is 3.41. The third kappa shape index (κ3) is 6.82. The Morgan fingerprint density at radius 2 is 2.00 bits per heavy atom. The minimum absolute atomic E-state index is 0.110. The fourth-order valence-electron chi connectivity index (χ4n) is 3.41. The minimum Gasteiger partial charge on any atom is -0.338 e. The summed E-state index contributed by atoms with van der Waals surface area (Å²) in [5, 5.41) is 5.70. The minimum atomic E-state index is -0.380. The number of anilines is 1. The Hall–Kier alpha value is -2.15. The second-order valence-corrected chi connectivity index (χ2v) is 6.98. The van der Waals surface area contributed by atoms with Crippen molar-refractivity contribution >= 4 is 17.6 Å². The van der Waals surface area contributed by atoms with Crippen LogP contribution in [0.3, 0.4) is 0 Å². The lowest BCUT2D eigenvalue weighted by Crippen LogP contribution is -2.44. The average molecular weight is 378 g/mol. The second-order valence-electron chi connectivity index (χ2n) is 6.98. The highest BCUT2D eigenvalue weighted by Crippen LogP contribution is 2.22. The summed E-state index contributed by atoms with van der Waals surface area (Å²) in [5.74, 6) is -0.490. The monoisotopic (exact) mass is 378 g/mol. The van der Waals surface area contributed by atoms with Gasteiger partial charge in [0, 0.05) is 25.2 Å². The lowest BCUT2D eigenvalue weighted by atomic mass is 10.2. The van der Waals surface area contributed by atoms with Crippen LogP contribution < -0.4 is 15.5 Å². The lowest BCUT2D eigenvalue weighted by Gasteiger charge is -2.21. The molecule has 1 fully saturated rings. The van der Waals surface area contributed by atoms with Crippen LogP contribution >= 0.6 is 0 Å². The van der Waals surface area contributed by atoms with Crippen molar-refractivity contribution in [2.75, 3.05) is 37.6 Å².